The van der Waals surface area contributed by atoms with Crippen LogP contribution < -0.4 is 10.1 Å². The first-order chi connectivity index (χ1) is 13.7. The Labute approximate surface area is 163 Å². The van der Waals surface area contributed by atoms with Gasteiger partial charge in [0.15, 0.2) is 0 Å². The average Bonchev–Trinajstić information content (AvgIpc) is 2.74. The molecule has 0 saturated carbocycles. The van der Waals surface area contributed by atoms with Crippen LogP contribution in [0.25, 0.3) is 0 Å². The number of nitriles is 1. The minimum absolute atomic E-state index is 0.0177. The lowest BCUT2D eigenvalue weighted by Crippen LogP contribution is -2.43. The SMILES string of the molecule is N#C/C(=C/N1CCN(C=O)CC1)C(=O)Nc1ccc(Oc2ccccc2)cc1. The van der Waals surface area contributed by atoms with E-state index in [0.29, 0.717) is 37.6 Å². The molecule has 2 aromatic rings. The number of rotatable bonds is 6. The number of piperazine rings is 1. The van der Waals surface area contributed by atoms with Crippen molar-refractivity contribution in [3.05, 3.63) is 66.4 Å². The van der Waals surface area contributed by atoms with E-state index < -0.39 is 5.91 Å². The van der Waals surface area contributed by atoms with Gasteiger partial charge in [0, 0.05) is 38.1 Å². The maximum absolute atomic E-state index is 12.4. The summed E-state index contributed by atoms with van der Waals surface area (Å²) in [6, 6.07) is 18.3. The van der Waals surface area contributed by atoms with Gasteiger partial charge in [-0.05, 0) is 36.4 Å². The van der Waals surface area contributed by atoms with Gasteiger partial charge in [-0.15, -0.1) is 0 Å². The molecule has 7 nitrogen and oxygen atoms in total. The highest BCUT2D eigenvalue weighted by Crippen LogP contribution is 2.22. The van der Waals surface area contributed by atoms with Crippen molar-refractivity contribution in [1.82, 2.24) is 9.80 Å². The van der Waals surface area contributed by atoms with Gasteiger partial charge >= 0.3 is 0 Å². The van der Waals surface area contributed by atoms with Crippen LogP contribution in [0.3, 0.4) is 0 Å². The summed E-state index contributed by atoms with van der Waals surface area (Å²) in [5.74, 6) is 0.897. The first-order valence-electron chi connectivity index (χ1n) is 8.87. The van der Waals surface area contributed by atoms with E-state index >= 15 is 0 Å². The summed E-state index contributed by atoms with van der Waals surface area (Å²) in [6.45, 7) is 2.32. The van der Waals surface area contributed by atoms with Crippen molar-refractivity contribution in [2.24, 2.45) is 0 Å². The predicted octanol–water partition coefficient (Wildman–Crippen LogP) is 2.60. The highest BCUT2D eigenvalue weighted by atomic mass is 16.5. The Morgan fingerprint density at radius 3 is 2.18 bits per heavy atom. The number of para-hydroxylation sites is 1. The molecule has 2 aromatic carbocycles. The van der Waals surface area contributed by atoms with E-state index in [2.05, 4.69) is 5.32 Å². The summed E-state index contributed by atoms with van der Waals surface area (Å²) >= 11 is 0. The van der Waals surface area contributed by atoms with Crippen LogP contribution in [0.4, 0.5) is 5.69 Å². The number of carbonyl (C=O) groups excluding carboxylic acids is 2. The molecule has 0 bridgehead atoms. The zero-order valence-electron chi connectivity index (χ0n) is 15.2. The van der Waals surface area contributed by atoms with Crippen LogP contribution >= 0.6 is 0 Å². The van der Waals surface area contributed by atoms with Crippen molar-refractivity contribution in [3.63, 3.8) is 0 Å². The summed E-state index contributed by atoms with van der Waals surface area (Å²) in [4.78, 5) is 26.7. The fourth-order valence-corrected chi connectivity index (χ4v) is 2.72. The second-order valence-electron chi connectivity index (χ2n) is 6.23. The number of anilines is 1. The van der Waals surface area contributed by atoms with E-state index in [9.17, 15) is 14.9 Å². The molecule has 28 heavy (non-hydrogen) atoms. The maximum Gasteiger partial charge on any atom is 0.267 e. The van der Waals surface area contributed by atoms with E-state index in [-0.39, 0.29) is 5.57 Å². The zero-order chi connectivity index (χ0) is 19.8. The van der Waals surface area contributed by atoms with Crippen molar-refractivity contribution >= 4 is 18.0 Å². The van der Waals surface area contributed by atoms with Gasteiger partial charge in [-0.2, -0.15) is 5.26 Å². The average molecular weight is 376 g/mol. The lowest BCUT2D eigenvalue weighted by Gasteiger charge is -2.31. The Morgan fingerprint density at radius 2 is 1.57 bits per heavy atom. The first-order valence-corrected chi connectivity index (χ1v) is 8.87. The Hall–Kier alpha value is -3.79. The Kier molecular flexibility index (Phi) is 6.26. The zero-order valence-corrected chi connectivity index (χ0v) is 15.2. The normalized spacial score (nSPS) is 14.2. The molecule has 0 atom stereocenters. The van der Waals surface area contributed by atoms with Gasteiger partial charge in [-0.25, -0.2) is 0 Å². The fourth-order valence-electron chi connectivity index (χ4n) is 2.72. The molecule has 0 aromatic heterocycles. The predicted molar refractivity (Wildman–Crippen MR) is 104 cm³/mol. The van der Waals surface area contributed by atoms with E-state index in [0.717, 1.165) is 12.2 Å². The van der Waals surface area contributed by atoms with Crippen molar-refractivity contribution in [1.29, 1.82) is 5.26 Å². The molecule has 142 valence electrons. The molecule has 7 heteroatoms. The number of ether oxygens (including phenoxy) is 1. The first kappa shape index (κ1) is 19.0. The van der Waals surface area contributed by atoms with E-state index in [1.807, 2.05) is 41.3 Å². The van der Waals surface area contributed by atoms with Crippen LogP contribution in [-0.4, -0.2) is 48.3 Å². The lowest BCUT2D eigenvalue weighted by molar-refractivity contribution is -0.119. The highest BCUT2D eigenvalue weighted by molar-refractivity contribution is 6.06. The van der Waals surface area contributed by atoms with Crippen LogP contribution in [0.1, 0.15) is 0 Å². The van der Waals surface area contributed by atoms with Crippen LogP contribution in [0.2, 0.25) is 0 Å². The van der Waals surface area contributed by atoms with E-state index in [1.165, 1.54) is 0 Å². The number of carbonyl (C=O) groups is 2. The highest BCUT2D eigenvalue weighted by Gasteiger charge is 2.16. The summed E-state index contributed by atoms with van der Waals surface area (Å²) in [6.07, 6.45) is 2.36. The van der Waals surface area contributed by atoms with E-state index in [4.69, 9.17) is 4.74 Å². The Balaban J connectivity index is 1.59. The molecule has 1 aliphatic heterocycles. The van der Waals surface area contributed by atoms with Crippen LogP contribution in [0, 0.1) is 11.3 Å². The van der Waals surface area contributed by atoms with Crippen LogP contribution in [0.5, 0.6) is 11.5 Å². The third-order valence-electron chi connectivity index (χ3n) is 4.27. The van der Waals surface area contributed by atoms with Crippen molar-refractivity contribution in [2.45, 2.75) is 0 Å². The smallest absolute Gasteiger partial charge is 0.267 e. The second kappa shape index (κ2) is 9.24. The molecule has 1 N–H and O–H groups in total. The van der Waals surface area contributed by atoms with E-state index in [1.54, 1.807) is 35.4 Å². The molecule has 1 heterocycles. The molecule has 0 aliphatic carbocycles. The van der Waals surface area contributed by atoms with Gasteiger partial charge in [0.2, 0.25) is 6.41 Å². The molecule has 0 spiro atoms. The maximum atomic E-state index is 12.4. The summed E-state index contributed by atoms with van der Waals surface area (Å²) < 4.78 is 5.71. The summed E-state index contributed by atoms with van der Waals surface area (Å²) in [5, 5.41) is 12.0. The molecular weight excluding hydrogens is 356 g/mol. The van der Waals surface area contributed by atoms with Gasteiger partial charge < -0.3 is 19.9 Å². The third kappa shape index (κ3) is 5.11. The Morgan fingerprint density at radius 1 is 0.964 bits per heavy atom. The number of benzene rings is 2. The molecule has 3 rings (SSSR count). The minimum atomic E-state index is -0.475. The van der Waals surface area contributed by atoms with Crippen LogP contribution in [0.15, 0.2) is 66.4 Å². The standard InChI is InChI=1S/C21H20N4O3/c22-14-17(15-24-10-12-25(16-26)13-11-24)21(27)23-18-6-8-20(9-7-18)28-19-4-2-1-3-5-19/h1-9,15-16H,10-13H2,(H,23,27)/b17-15-. The molecule has 1 fully saturated rings. The Bertz CT molecular complexity index is 880. The number of nitrogens with zero attached hydrogens (tertiary/aromatic N) is 3. The van der Waals surface area contributed by atoms with Crippen LogP contribution in [-0.2, 0) is 9.59 Å². The summed E-state index contributed by atoms with van der Waals surface area (Å²) in [7, 11) is 0. The topological polar surface area (TPSA) is 85.7 Å². The number of nitrogens with one attached hydrogen (secondary N) is 1. The van der Waals surface area contributed by atoms with Gasteiger partial charge in [-0.1, -0.05) is 18.2 Å². The molecule has 0 unspecified atom stereocenters. The van der Waals surface area contributed by atoms with Crippen molar-refractivity contribution in [2.75, 3.05) is 31.5 Å². The monoisotopic (exact) mass is 376 g/mol. The lowest BCUT2D eigenvalue weighted by atomic mass is 10.2. The minimum Gasteiger partial charge on any atom is -0.457 e. The fraction of sp³-hybridized carbons (Fsp3) is 0.190. The second-order valence-corrected chi connectivity index (χ2v) is 6.23. The quantitative estimate of drug-likeness (QED) is 0.476. The van der Waals surface area contributed by atoms with Crippen molar-refractivity contribution < 1.29 is 14.3 Å². The van der Waals surface area contributed by atoms with Gasteiger partial charge in [-0.3, -0.25) is 9.59 Å². The molecule has 0 radical (unpaired) electrons. The van der Waals surface area contributed by atoms with Gasteiger partial charge in [0.05, 0.1) is 0 Å². The molecule has 2 amide bonds. The molecule has 1 saturated heterocycles. The number of hydrogen-bond donors (Lipinski definition) is 1. The largest absolute Gasteiger partial charge is 0.457 e. The number of hydrogen-bond acceptors (Lipinski definition) is 5. The molecule has 1 aliphatic rings. The van der Waals surface area contributed by atoms with Gasteiger partial charge in [0.1, 0.15) is 23.1 Å². The van der Waals surface area contributed by atoms with Crippen molar-refractivity contribution in [3.8, 4) is 17.6 Å². The van der Waals surface area contributed by atoms with Gasteiger partial charge in [0.25, 0.3) is 5.91 Å². The summed E-state index contributed by atoms with van der Waals surface area (Å²) in [5.41, 5.74) is 0.585. The number of amides is 2. The third-order valence-corrected chi connectivity index (χ3v) is 4.27. The molecular formula is C21H20N4O3.